The van der Waals surface area contributed by atoms with Gasteiger partial charge in [0.2, 0.25) is 5.16 Å². The Bertz CT molecular complexity index is 902. The summed E-state index contributed by atoms with van der Waals surface area (Å²) in [6, 6.07) is 9.86. The second-order valence-corrected chi connectivity index (χ2v) is 7.52. The van der Waals surface area contributed by atoms with Gasteiger partial charge in [-0.2, -0.15) is 4.98 Å². The Morgan fingerprint density at radius 1 is 1.20 bits per heavy atom. The van der Waals surface area contributed by atoms with Crippen LogP contribution in [0.4, 0.5) is 0 Å². The maximum Gasteiger partial charge on any atom is 0.253 e. The van der Waals surface area contributed by atoms with Gasteiger partial charge in [0.1, 0.15) is 0 Å². The molecule has 2 aromatic heterocycles. The molecule has 1 aromatic carbocycles. The Kier molecular flexibility index (Phi) is 5.18. The zero-order valence-corrected chi connectivity index (χ0v) is 15.8. The van der Waals surface area contributed by atoms with E-state index in [1.165, 1.54) is 17.3 Å². The van der Waals surface area contributed by atoms with Crippen LogP contribution in [0.2, 0.25) is 0 Å². The quantitative estimate of drug-likeness (QED) is 0.493. The number of hydrogen-bond donors (Lipinski definition) is 0. The van der Waals surface area contributed by atoms with Crippen molar-refractivity contribution in [3.8, 4) is 0 Å². The van der Waals surface area contributed by atoms with Crippen LogP contribution in [0.25, 0.3) is 5.78 Å². The van der Waals surface area contributed by atoms with Gasteiger partial charge in [-0.1, -0.05) is 49.4 Å². The molecule has 0 saturated heterocycles. The van der Waals surface area contributed by atoms with E-state index >= 15 is 0 Å². The maximum atomic E-state index is 12.7. The van der Waals surface area contributed by atoms with E-state index in [9.17, 15) is 4.79 Å². The van der Waals surface area contributed by atoms with Gasteiger partial charge in [0.05, 0.1) is 5.25 Å². The molecule has 2 heterocycles. The summed E-state index contributed by atoms with van der Waals surface area (Å²) in [5.41, 5.74) is 3.88. The van der Waals surface area contributed by atoms with Crippen molar-refractivity contribution in [1.82, 2.24) is 19.6 Å². The Morgan fingerprint density at radius 3 is 2.60 bits per heavy atom. The van der Waals surface area contributed by atoms with Gasteiger partial charge in [-0.05, 0) is 38.8 Å². The summed E-state index contributed by atoms with van der Waals surface area (Å²) < 4.78 is 1.71. The molecule has 1 atom stereocenters. The van der Waals surface area contributed by atoms with Gasteiger partial charge >= 0.3 is 0 Å². The molecule has 0 radical (unpaired) electrons. The smallest absolute Gasteiger partial charge is 0.253 e. The number of carbonyl (C=O) groups is 1. The lowest BCUT2D eigenvalue weighted by Gasteiger charge is -2.08. The first-order valence-corrected chi connectivity index (χ1v) is 9.36. The number of rotatable bonds is 6. The molecular weight excluding hydrogens is 332 g/mol. The highest BCUT2D eigenvalue weighted by Gasteiger charge is 2.19. The van der Waals surface area contributed by atoms with Crippen LogP contribution in [-0.4, -0.2) is 30.6 Å². The van der Waals surface area contributed by atoms with Crippen molar-refractivity contribution in [3.63, 3.8) is 0 Å². The molecule has 0 aliphatic rings. The van der Waals surface area contributed by atoms with Gasteiger partial charge < -0.3 is 0 Å². The van der Waals surface area contributed by atoms with Crippen molar-refractivity contribution in [3.05, 3.63) is 52.8 Å². The lowest BCUT2D eigenvalue weighted by Crippen LogP contribution is -2.13. The molecule has 3 aromatic rings. The fourth-order valence-corrected chi connectivity index (χ4v) is 3.59. The largest absolute Gasteiger partial charge is 0.293 e. The molecule has 0 unspecified atom stereocenters. The molecule has 0 bridgehead atoms. The second-order valence-electron chi connectivity index (χ2n) is 6.22. The van der Waals surface area contributed by atoms with E-state index in [0.29, 0.717) is 10.9 Å². The van der Waals surface area contributed by atoms with Crippen LogP contribution in [0.3, 0.4) is 0 Å². The molecule has 3 rings (SSSR count). The Balaban J connectivity index is 1.76. The molecule has 0 fully saturated rings. The molecule has 0 spiro atoms. The number of aryl methyl sites for hydroxylation is 3. The van der Waals surface area contributed by atoms with Crippen LogP contribution < -0.4 is 0 Å². The molecule has 0 aliphatic heterocycles. The predicted molar refractivity (Wildman–Crippen MR) is 100 cm³/mol. The molecule has 0 amide bonds. The standard InChI is InChI=1S/C19H22N4OS/c1-5-6-15-7-9-16(10-8-15)17(24)14(4)25-19-21-18-20-12(2)11-13(3)23(18)22-19/h7-11,14H,5-6H2,1-4H3/t14-/m0/s1. The predicted octanol–water partition coefficient (Wildman–Crippen LogP) is 4.06. The third kappa shape index (κ3) is 3.90. The summed E-state index contributed by atoms with van der Waals surface area (Å²) in [5.74, 6) is 0.663. The van der Waals surface area contributed by atoms with Crippen LogP contribution in [0.5, 0.6) is 0 Å². The Labute approximate surface area is 151 Å². The number of thioether (sulfide) groups is 1. The number of benzene rings is 1. The van der Waals surface area contributed by atoms with Crippen molar-refractivity contribution >= 4 is 23.3 Å². The van der Waals surface area contributed by atoms with Crippen LogP contribution in [0, 0.1) is 13.8 Å². The van der Waals surface area contributed by atoms with Crippen LogP contribution in [0.15, 0.2) is 35.5 Å². The average Bonchev–Trinajstić information content (AvgIpc) is 2.98. The number of nitrogens with zero attached hydrogens (tertiary/aromatic N) is 4. The molecular formula is C19H22N4OS. The summed E-state index contributed by atoms with van der Waals surface area (Å²) >= 11 is 1.37. The molecule has 0 N–H and O–H groups in total. The molecule has 25 heavy (non-hydrogen) atoms. The first kappa shape index (κ1) is 17.6. The highest BCUT2D eigenvalue weighted by atomic mass is 32.2. The van der Waals surface area contributed by atoms with Crippen molar-refractivity contribution in [2.45, 2.75) is 50.9 Å². The Hall–Kier alpha value is -2.21. The highest BCUT2D eigenvalue weighted by Crippen LogP contribution is 2.24. The van der Waals surface area contributed by atoms with Crippen molar-refractivity contribution in [2.24, 2.45) is 0 Å². The molecule has 0 saturated carbocycles. The lowest BCUT2D eigenvalue weighted by molar-refractivity contribution is 0.0994. The van der Waals surface area contributed by atoms with E-state index in [0.717, 1.165) is 29.8 Å². The number of carbonyl (C=O) groups excluding carboxylic acids is 1. The molecule has 130 valence electrons. The first-order chi connectivity index (χ1) is 12.0. The fraction of sp³-hybridized carbons (Fsp3) is 0.368. The van der Waals surface area contributed by atoms with Crippen molar-refractivity contribution in [1.29, 1.82) is 0 Å². The van der Waals surface area contributed by atoms with Gasteiger partial charge in [0.15, 0.2) is 5.78 Å². The van der Waals surface area contributed by atoms with E-state index < -0.39 is 0 Å². The fourth-order valence-electron chi connectivity index (χ4n) is 2.77. The van der Waals surface area contributed by atoms with E-state index in [1.807, 2.05) is 51.1 Å². The third-order valence-corrected chi connectivity index (χ3v) is 4.98. The molecule has 5 nitrogen and oxygen atoms in total. The lowest BCUT2D eigenvalue weighted by atomic mass is 10.0. The first-order valence-electron chi connectivity index (χ1n) is 8.48. The van der Waals surface area contributed by atoms with Gasteiger partial charge in [-0.25, -0.2) is 9.50 Å². The minimum atomic E-state index is -0.254. The average molecular weight is 354 g/mol. The van der Waals surface area contributed by atoms with Crippen molar-refractivity contribution in [2.75, 3.05) is 0 Å². The zero-order chi connectivity index (χ0) is 18.0. The number of ketones is 1. The van der Waals surface area contributed by atoms with E-state index in [1.54, 1.807) is 4.52 Å². The van der Waals surface area contributed by atoms with Gasteiger partial charge in [0, 0.05) is 17.0 Å². The normalized spacial score (nSPS) is 12.5. The monoisotopic (exact) mass is 354 g/mol. The topological polar surface area (TPSA) is 60.2 Å². The number of aromatic nitrogens is 4. The van der Waals surface area contributed by atoms with Crippen LogP contribution in [-0.2, 0) is 6.42 Å². The maximum absolute atomic E-state index is 12.7. The van der Waals surface area contributed by atoms with E-state index in [4.69, 9.17) is 0 Å². The summed E-state index contributed by atoms with van der Waals surface area (Å²) in [4.78, 5) is 21.5. The number of hydrogen-bond acceptors (Lipinski definition) is 5. The van der Waals surface area contributed by atoms with Crippen LogP contribution >= 0.6 is 11.8 Å². The van der Waals surface area contributed by atoms with Crippen molar-refractivity contribution < 1.29 is 4.79 Å². The van der Waals surface area contributed by atoms with Gasteiger partial charge in [0.25, 0.3) is 5.78 Å². The van der Waals surface area contributed by atoms with Crippen LogP contribution in [0.1, 0.15) is 47.6 Å². The van der Waals surface area contributed by atoms with Gasteiger partial charge in [-0.15, -0.1) is 5.10 Å². The third-order valence-electron chi connectivity index (χ3n) is 4.03. The summed E-state index contributed by atoms with van der Waals surface area (Å²) in [6.07, 6.45) is 2.14. The molecule has 6 heteroatoms. The highest BCUT2D eigenvalue weighted by molar-refractivity contribution is 8.00. The summed E-state index contributed by atoms with van der Waals surface area (Å²) in [5, 5.41) is 4.78. The van der Waals surface area contributed by atoms with Gasteiger partial charge in [-0.3, -0.25) is 4.79 Å². The second kappa shape index (κ2) is 7.35. The minimum Gasteiger partial charge on any atom is -0.293 e. The number of Topliss-reactive ketones (excluding diaryl/α,β-unsaturated/α-hetero) is 1. The summed E-state index contributed by atoms with van der Waals surface area (Å²) in [7, 11) is 0. The Morgan fingerprint density at radius 2 is 1.92 bits per heavy atom. The number of fused-ring (bicyclic) bond motifs is 1. The minimum absolute atomic E-state index is 0.0905. The zero-order valence-electron chi connectivity index (χ0n) is 15.0. The molecule has 0 aliphatic carbocycles. The van der Waals surface area contributed by atoms with E-state index in [-0.39, 0.29) is 11.0 Å². The van der Waals surface area contributed by atoms with E-state index in [2.05, 4.69) is 22.0 Å². The SMILES string of the molecule is CCCc1ccc(C(=O)[C@H](C)Sc2nc3nc(C)cc(C)n3n2)cc1. The summed E-state index contributed by atoms with van der Waals surface area (Å²) in [6.45, 7) is 7.95.